The third kappa shape index (κ3) is 3.03. The summed E-state index contributed by atoms with van der Waals surface area (Å²) in [7, 11) is 0. The minimum absolute atomic E-state index is 0.134. The second-order valence-corrected chi connectivity index (χ2v) is 4.72. The Labute approximate surface area is 96.7 Å². The van der Waals surface area contributed by atoms with Crippen LogP contribution in [0.15, 0.2) is 5.18 Å². The Balaban J connectivity index is 2.74. The highest BCUT2D eigenvalue weighted by Crippen LogP contribution is 2.41. The van der Waals surface area contributed by atoms with E-state index in [2.05, 4.69) is 5.18 Å². The maximum absolute atomic E-state index is 12.0. The molecule has 1 aliphatic rings. The monoisotopic (exact) mass is 227 g/mol. The van der Waals surface area contributed by atoms with E-state index in [4.69, 9.17) is 4.74 Å². The van der Waals surface area contributed by atoms with Gasteiger partial charge >= 0.3 is 5.97 Å². The summed E-state index contributed by atoms with van der Waals surface area (Å²) in [5, 5.41) is 3.01. The van der Waals surface area contributed by atoms with E-state index >= 15 is 0 Å². The molecule has 1 aliphatic carbocycles. The molecule has 0 saturated heterocycles. The molecule has 92 valence electrons. The zero-order valence-electron chi connectivity index (χ0n) is 10.2. The average molecular weight is 227 g/mol. The molecular weight excluding hydrogens is 206 g/mol. The van der Waals surface area contributed by atoms with E-state index in [1.54, 1.807) is 6.92 Å². The third-order valence-electron chi connectivity index (χ3n) is 3.39. The number of carbonyl (C=O) groups is 1. The van der Waals surface area contributed by atoms with Gasteiger partial charge in [-0.15, -0.1) is 0 Å². The van der Waals surface area contributed by atoms with Crippen LogP contribution >= 0.6 is 0 Å². The molecule has 1 unspecified atom stereocenters. The summed E-state index contributed by atoms with van der Waals surface area (Å²) < 4.78 is 5.15. The van der Waals surface area contributed by atoms with Gasteiger partial charge in [0, 0.05) is 0 Å². The van der Waals surface area contributed by atoms with Crippen molar-refractivity contribution in [2.24, 2.45) is 10.6 Å². The Kier molecular flexibility index (Phi) is 4.90. The molecule has 0 aromatic carbocycles. The van der Waals surface area contributed by atoms with Crippen molar-refractivity contribution < 1.29 is 9.53 Å². The van der Waals surface area contributed by atoms with Crippen molar-refractivity contribution >= 4 is 5.97 Å². The first kappa shape index (κ1) is 13.1. The molecule has 0 aliphatic heterocycles. The van der Waals surface area contributed by atoms with Gasteiger partial charge in [0.15, 0.2) is 0 Å². The van der Waals surface area contributed by atoms with Crippen LogP contribution < -0.4 is 0 Å². The number of nitroso groups, excluding NO2 is 1. The zero-order chi connectivity index (χ0) is 12.0. The lowest BCUT2D eigenvalue weighted by molar-refractivity contribution is -0.158. The molecule has 4 heteroatoms. The number of hydrogen-bond acceptors (Lipinski definition) is 4. The maximum atomic E-state index is 12.0. The Bertz CT molecular complexity index is 247. The fraction of sp³-hybridized carbons (Fsp3) is 0.917. The lowest BCUT2D eigenvalue weighted by atomic mass is 9.70. The van der Waals surface area contributed by atoms with Crippen LogP contribution in [0.5, 0.6) is 0 Å². The molecule has 0 N–H and O–H groups in total. The van der Waals surface area contributed by atoms with Gasteiger partial charge in [0.2, 0.25) is 0 Å². The second-order valence-electron chi connectivity index (χ2n) is 4.72. The first-order chi connectivity index (χ1) is 7.64. The smallest absolute Gasteiger partial charge is 0.312 e. The van der Waals surface area contributed by atoms with Crippen molar-refractivity contribution in [1.82, 2.24) is 0 Å². The average Bonchev–Trinajstić information content (AvgIpc) is 2.30. The molecular formula is C12H21NO3. The quantitative estimate of drug-likeness (QED) is 0.535. The standard InChI is InChI=1S/C12H21NO3/c1-3-16-11(14)12(9-10(2)13-15)7-5-4-6-8-12/h10H,3-9H2,1-2H3. The van der Waals surface area contributed by atoms with Gasteiger partial charge in [-0.25, -0.2) is 0 Å². The Morgan fingerprint density at radius 2 is 2.00 bits per heavy atom. The minimum atomic E-state index is -0.443. The van der Waals surface area contributed by atoms with E-state index < -0.39 is 5.41 Å². The van der Waals surface area contributed by atoms with Crippen LogP contribution in [-0.2, 0) is 9.53 Å². The molecule has 16 heavy (non-hydrogen) atoms. The first-order valence-corrected chi connectivity index (χ1v) is 6.14. The van der Waals surface area contributed by atoms with Crippen LogP contribution in [0, 0.1) is 10.3 Å². The van der Waals surface area contributed by atoms with Crippen molar-refractivity contribution in [3.05, 3.63) is 4.91 Å². The lowest BCUT2D eigenvalue weighted by Gasteiger charge is -2.35. The molecule has 0 radical (unpaired) electrons. The number of rotatable bonds is 5. The summed E-state index contributed by atoms with van der Waals surface area (Å²) in [4.78, 5) is 22.5. The summed E-state index contributed by atoms with van der Waals surface area (Å²) in [6.07, 6.45) is 5.48. The number of esters is 1. The molecule has 1 fully saturated rings. The Hall–Kier alpha value is -0.930. The molecule has 1 rings (SSSR count). The Morgan fingerprint density at radius 3 is 2.50 bits per heavy atom. The van der Waals surface area contributed by atoms with Crippen LogP contribution in [-0.4, -0.2) is 18.6 Å². The number of hydrogen-bond donors (Lipinski definition) is 0. The second kappa shape index (κ2) is 5.97. The highest BCUT2D eigenvalue weighted by Gasteiger charge is 2.42. The summed E-state index contributed by atoms with van der Waals surface area (Å²) in [5.74, 6) is -0.134. The van der Waals surface area contributed by atoms with Gasteiger partial charge in [-0.3, -0.25) is 4.79 Å². The summed E-state index contributed by atoms with van der Waals surface area (Å²) in [6.45, 7) is 3.99. The molecule has 4 nitrogen and oxygen atoms in total. The minimum Gasteiger partial charge on any atom is -0.466 e. The molecule has 1 atom stereocenters. The van der Waals surface area contributed by atoms with Gasteiger partial charge in [0.05, 0.1) is 18.1 Å². The highest BCUT2D eigenvalue weighted by molar-refractivity contribution is 5.77. The SMILES string of the molecule is CCOC(=O)C1(CC(C)N=O)CCCCC1. The topological polar surface area (TPSA) is 55.7 Å². The van der Waals surface area contributed by atoms with Gasteiger partial charge in [-0.1, -0.05) is 24.4 Å². The fourth-order valence-corrected chi connectivity index (χ4v) is 2.61. The van der Waals surface area contributed by atoms with E-state index in [0.717, 1.165) is 25.7 Å². The van der Waals surface area contributed by atoms with Gasteiger partial charge < -0.3 is 4.74 Å². The largest absolute Gasteiger partial charge is 0.466 e. The fourth-order valence-electron chi connectivity index (χ4n) is 2.61. The van der Waals surface area contributed by atoms with E-state index in [9.17, 15) is 9.70 Å². The normalized spacial score (nSPS) is 21.1. The highest BCUT2D eigenvalue weighted by atomic mass is 16.5. The van der Waals surface area contributed by atoms with Gasteiger partial charge in [-0.05, 0) is 33.1 Å². The van der Waals surface area contributed by atoms with Crippen LogP contribution in [0.2, 0.25) is 0 Å². The van der Waals surface area contributed by atoms with Crippen molar-refractivity contribution in [1.29, 1.82) is 0 Å². The predicted octanol–water partition coefficient (Wildman–Crippen LogP) is 3.05. The number of ether oxygens (including phenoxy) is 1. The van der Waals surface area contributed by atoms with Gasteiger partial charge in [0.25, 0.3) is 0 Å². The van der Waals surface area contributed by atoms with Crippen LogP contribution in [0.1, 0.15) is 52.4 Å². The molecule has 0 amide bonds. The van der Waals surface area contributed by atoms with E-state index in [1.165, 1.54) is 6.42 Å². The molecule has 0 bridgehead atoms. The van der Waals surface area contributed by atoms with Crippen molar-refractivity contribution in [2.45, 2.75) is 58.4 Å². The van der Waals surface area contributed by atoms with E-state index in [1.807, 2.05) is 6.92 Å². The van der Waals surface area contributed by atoms with Gasteiger partial charge in [0.1, 0.15) is 0 Å². The lowest BCUT2D eigenvalue weighted by Crippen LogP contribution is -2.37. The van der Waals surface area contributed by atoms with E-state index in [-0.39, 0.29) is 12.0 Å². The summed E-state index contributed by atoms with van der Waals surface area (Å²) >= 11 is 0. The first-order valence-electron chi connectivity index (χ1n) is 6.14. The number of nitrogens with zero attached hydrogens (tertiary/aromatic N) is 1. The molecule has 0 aromatic heterocycles. The predicted molar refractivity (Wildman–Crippen MR) is 62.0 cm³/mol. The van der Waals surface area contributed by atoms with Crippen LogP contribution in [0.4, 0.5) is 0 Å². The third-order valence-corrected chi connectivity index (χ3v) is 3.39. The molecule has 0 spiro atoms. The molecule has 0 heterocycles. The Morgan fingerprint density at radius 1 is 1.38 bits per heavy atom. The van der Waals surface area contributed by atoms with Crippen molar-refractivity contribution in [3.8, 4) is 0 Å². The summed E-state index contributed by atoms with van der Waals surface area (Å²) in [5.41, 5.74) is -0.443. The maximum Gasteiger partial charge on any atom is 0.312 e. The zero-order valence-corrected chi connectivity index (χ0v) is 10.2. The van der Waals surface area contributed by atoms with E-state index in [0.29, 0.717) is 13.0 Å². The van der Waals surface area contributed by atoms with Gasteiger partial charge in [-0.2, -0.15) is 4.91 Å². The van der Waals surface area contributed by atoms with Crippen LogP contribution in [0.3, 0.4) is 0 Å². The van der Waals surface area contributed by atoms with Crippen molar-refractivity contribution in [2.75, 3.05) is 6.61 Å². The molecule has 0 aromatic rings. The van der Waals surface area contributed by atoms with Crippen LogP contribution in [0.25, 0.3) is 0 Å². The van der Waals surface area contributed by atoms with Crippen molar-refractivity contribution in [3.63, 3.8) is 0 Å². The summed E-state index contributed by atoms with van der Waals surface area (Å²) in [6, 6.07) is -0.303. The molecule has 1 saturated carbocycles. The number of carbonyl (C=O) groups excluding carboxylic acids is 1.